The minimum Gasteiger partial charge on any atom is -0.343 e. The van der Waals surface area contributed by atoms with Crippen molar-refractivity contribution in [1.29, 1.82) is 0 Å². The molecule has 0 spiro atoms. The van der Waals surface area contributed by atoms with E-state index in [0.717, 1.165) is 11.4 Å². The maximum Gasteiger partial charge on any atom is 0.447 e. The molecule has 0 saturated carbocycles. The highest BCUT2D eigenvalue weighted by atomic mass is 32.2. The van der Waals surface area contributed by atoms with E-state index in [2.05, 4.69) is 26.9 Å². The van der Waals surface area contributed by atoms with Crippen LogP contribution in [0.25, 0.3) is 0 Å². The summed E-state index contributed by atoms with van der Waals surface area (Å²) in [5.41, 5.74) is 1.95. The molecule has 0 atom stereocenters. The number of carbonyl (C=O) groups excluding carboxylic acids is 3. The number of carbonyl (C=O) groups is 3. The normalized spacial score (nSPS) is 10.6. The topological polar surface area (TPSA) is 104 Å². The quantitative estimate of drug-likeness (QED) is 0.180. The first-order chi connectivity index (χ1) is 10.6. The lowest BCUT2D eigenvalue weighted by molar-refractivity contribution is -0.121. The van der Waals surface area contributed by atoms with Gasteiger partial charge in [-0.2, -0.15) is 0 Å². The molecule has 0 bridgehead atoms. The third-order valence-electron chi connectivity index (χ3n) is 2.08. The third-order valence-corrected chi connectivity index (χ3v) is 2.87. The fourth-order valence-electron chi connectivity index (χ4n) is 0.998. The second-order valence-corrected chi connectivity index (χ2v) is 5.37. The molecule has 0 unspecified atom stereocenters. The molecule has 0 aliphatic heterocycles. The molecule has 0 rings (SSSR count). The van der Waals surface area contributed by atoms with Gasteiger partial charge in [-0.05, 0) is 0 Å². The Morgan fingerprint density at radius 1 is 1.17 bits per heavy atom. The molecule has 10 nitrogen and oxygen atoms in total. The van der Waals surface area contributed by atoms with Gasteiger partial charge in [0.25, 0.3) is 5.91 Å². The van der Waals surface area contributed by atoms with Crippen LogP contribution in [-0.2, 0) is 14.5 Å². The Balaban J connectivity index is 5.00. The first-order valence-electron chi connectivity index (χ1n) is 5.95. The van der Waals surface area contributed by atoms with E-state index in [0.29, 0.717) is 16.4 Å². The number of amides is 3. The Labute approximate surface area is 137 Å². The number of rotatable bonds is 7. The van der Waals surface area contributed by atoms with Gasteiger partial charge in [-0.15, -0.1) is 4.39 Å². The van der Waals surface area contributed by atoms with Crippen molar-refractivity contribution in [3.8, 4) is 0 Å². The Morgan fingerprint density at radius 3 is 2.17 bits per heavy atom. The summed E-state index contributed by atoms with van der Waals surface area (Å²) in [6.07, 6.45) is -2.79. The average molecular weight is 351 g/mol. The molecule has 0 heterocycles. The Kier molecular flexibility index (Phi) is 8.65. The third kappa shape index (κ3) is 6.97. The lowest BCUT2D eigenvalue weighted by atomic mass is 10.3. The van der Waals surface area contributed by atoms with Crippen LogP contribution in [0, 0.1) is 0 Å². The van der Waals surface area contributed by atoms with Crippen LogP contribution in [0.4, 0.5) is 14.0 Å². The largest absolute Gasteiger partial charge is 0.447 e. The van der Waals surface area contributed by atoms with E-state index in [4.69, 9.17) is 0 Å². The molecule has 130 valence electrons. The number of hydrogen-bond donors (Lipinski definition) is 1. The van der Waals surface area contributed by atoms with E-state index in [1.54, 1.807) is 0 Å². The predicted octanol–water partition coefficient (Wildman–Crippen LogP) is 0.748. The van der Waals surface area contributed by atoms with Gasteiger partial charge in [0.15, 0.2) is 5.71 Å². The summed E-state index contributed by atoms with van der Waals surface area (Å²) >= 11 is 0.441. The molecule has 0 radical (unpaired) electrons. The van der Waals surface area contributed by atoms with Gasteiger partial charge in [-0.3, -0.25) is 19.9 Å². The SMILES string of the molecule is C=C(NOC)C(=NOC(=O)N(C)SN(C)C(=O)F)C(=O)N(C)C. The molecule has 0 aliphatic carbocycles. The summed E-state index contributed by atoms with van der Waals surface area (Å²) in [4.78, 5) is 44.4. The first kappa shape index (κ1) is 20.7. The van der Waals surface area contributed by atoms with Crippen LogP contribution in [0.5, 0.6) is 0 Å². The van der Waals surface area contributed by atoms with E-state index < -0.39 is 18.2 Å². The van der Waals surface area contributed by atoms with Crippen LogP contribution in [0.1, 0.15) is 0 Å². The summed E-state index contributed by atoms with van der Waals surface area (Å²) in [7, 11) is 6.55. The highest BCUT2D eigenvalue weighted by molar-refractivity contribution is 7.95. The number of halogens is 1. The molecule has 0 aromatic heterocycles. The van der Waals surface area contributed by atoms with Crippen LogP contribution < -0.4 is 5.48 Å². The summed E-state index contributed by atoms with van der Waals surface area (Å²) < 4.78 is 13.7. The van der Waals surface area contributed by atoms with Crippen molar-refractivity contribution < 1.29 is 28.4 Å². The molecule has 1 N–H and O–H groups in total. The van der Waals surface area contributed by atoms with Crippen molar-refractivity contribution in [2.24, 2.45) is 5.16 Å². The Bertz CT molecular complexity index is 513. The summed E-state index contributed by atoms with van der Waals surface area (Å²) in [5, 5.41) is 3.42. The van der Waals surface area contributed by atoms with Crippen LogP contribution >= 0.6 is 12.1 Å². The Morgan fingerprint density at radius 2 is 1.74 bits per heavy atom. The van der Waals surface area contributed by atoms with Gasteiger partial charge in [-0.25, -0.2) is 18.2 Å². The fourth-order valence-corrected chi connectivity index (χ4v) is 1.53. The minimum atomic E-state index is -1.75. The van der Waals surface area contributed by atoms with Crippen LogP contribution in [-0.4, -0.2) is 72.7 Å². The molecule has 0 fully saturated rings. The summed E-state index contributed by atoms with van der Waals surface area (Å²) in [5.74, 6) is -0.598. The van der Waals surface area contributed by atoms with Gasteiger partial charge in [-0.1, -0.05) is 11.7 Å². The summed E-state index contributed by atoms with van der Waals surface area (Å²) in [6, 6.07) is 0. The van der Waals surface area contributed by atoms with E-state index in [9.17, 15) is 18.8 Å². The second kappa shape index (κ2) is 9.63. The number of hydrogen-bond acceptors (Lipinski definition) is 8. The standard InChI is InChI=1S/C11H18FN5O5S/c1-7(13-21-6)8(9(18)15(2)3)14-22-11(20)17(5)23-16(4)10(12)19/h13H,1H2,2-6H3. The monoisotopic (exact) mass is 351 g/mol. The van der Waals surface area contributed by atoms with Crippen molar-refractivity contribution in [2.75, 3.05) is 35.3 Å². The molecule has 12 heteroatoms. The van der Waals surface area contributed by atoms with E-state index in [-0.39, 0.29) is 11.4 Å². The number of nitrogens with zero attached hydrogens (tertiary/aromatic N) is 4. The first-order valence-corrected chi connectivity index (χ1v) is 6.68. The minimum absolute atomic E-state index is 0.0367. The van der Waals surface area contributed by atoms with E-state index >= 15 is 0 Å². The van der Waals surface area contributed by atoms with Crippen molar-refractivity contribution >= 4 is 36.0 Å². The Hall–Kier alpha value is -2.34. The zero-order valence-electron chi connectivity index (χ0n) is 13.3. The van der Waals surface area contributed by atoms with Crippen LogP contribution in [0.2, 0.25) is 0 Å². The van der Waals surface area contributed by atoms with Gasteiger partial charge >= 0.3 is 12.3 Å². The molecule has 3 amide bonds. The zero-order chi connectivity index (χ0) is 18.2. The zero-order valence-corrected chi connectivity index (χ0v) is 14.1. The highest BCUT2D eigenvalue weighted by Gasteiger charge is 2.21. The van der Waals surface area contributed by atoms with Crippen LogP contribution in [0.3, 0.4) is 0 Å². The van der Waals surface area contributed by atoms with Crippen molar-refractivity contribution in [1.82, 2.24) is 19.0 Å². The van der Waals surface area contributed by atoms with Gasteiger partial charge in [0, 0.05) is 28.2 Å². The fraction of sp³-hybridized carbons (Fsp3) is 0.455. The molecular formula is C11H18FN5O5S. The van der Waals surface area contributed by atoms with Gasteiger partial charge in [0.2, 0.25) is 0 Å². The molecular weight excluding hydrogens is 333 g/mol. The molecule has 0 aromatic carbocycles. The van der Waals surface area contributed by atoms with E-state index in [1.165, 1.54) is 33.2 Å². The smallest absolute Gasteiger partial charge is 0.343 e. The predicted molar refractivity (Wildman–Crippen MR) is 81.5 cm³/mol. The van der Waals surface area contributed by atoms with Gasteiger partial charge in [0.1, 0.15) is 0 Å². The lowest BCUT2D eigenvalue weighted by Crippen LogP contribution is -2.35. The summed E-state index contributed by atoms with van der Waals surface area (Å²) in [6.45, 7) is 3.52. The van der Waals surface area contributed by atoms with Gasteiger partial charge in [0.05, 0.1) is 24.9 Å². The lowest BCUT2D eigenvalue weighted by Gasteiger charge is -2.18. The number of hydroxylamine groups is 1. The van der Waals surface area contributed by atoms with Crippen LogP contribution in [0.15, 0.2) is 17.4 Å². The van der Waals surface area contributed by atoms with Gasteiger partial charge < -0.3 is 4.90 Å². The molecule has 0 aromatic rings. The van der Waals surface area contributed by atoms with Crippen molar-refractivity contribution in [3.63, 3.8) is 0 Å². The second-order valence-electron chi connectivity index (χ2n) is 4.11. The maximum absolute atomic E-state index is 12.4. The molecule has 0 saturated heterocycles. The highest BCUT2D eigenvalue weighted by Crippen LogP contribution is 2.14. The molecule has 23 heavy (non-hydrogen) atoms. The van der Waals surface area contributed by atoms with E-state index in [1.807, 2.05) is 0 Å². The molecule has 0 aliphatic rings. The average Bonchev–Trinajstić information content (AvgIpc) is 2.46. The van der Waals surface area contributed by atoms with Crippen molar-refractivity contribution in [2.45, 2.75) is 0 Å². The number of nitrogens with one attached hydrogen (secondary N) is 1. The van der Waals surface area contributed by atoms with Crippen molar-refractivity contribution in [3.05, 3.63) is 12.3 Å². The maximum atomic E-state index is 12.4. The number of oxime groups is 1.